The number of hydrogen-bond donors (Lipinski definition) is 1. The van der Waals surface area contributed by atoms with Crippen LogP contribution in [0.4, 0.5) is 0 Å². The fourth-order valence-electron chi connectivity index (χ4n) is 2.24. The lowest BCUT2D eigenvalue weighted by molar-refractivity contribution is 0.0365. The third-order valence-corrected chi connectivity index (χ3v) is 4.06. The van der Waals surface area contributed by atoms with Gasteiger partial charge in [-0.1, -0.05) is 35.3 Å². The van der Waals surface area contributed by atoms with Gasteiger partial charge in [-0.25, -0.2) is 5.43 Å². The third-order valence-electron chi connectivity index (χ3n) is 3.56. The van der Waals surface area contributed by atoms with Crippen molar-refractivity contribution in [2.45, 2.75) is 32.4 Å². The molecule has 0 heterocycles. The van der Waals surface area contributed by atoms with Crippen molar-refractivity contribution in [2.75, 3.05) is 0 Å². The largest absolute Gasteiger partial charge is 0.268 e. The number of halogens is 2. The fraction of sp³-hybridized carbons (Fsp3) is 0.263. The first-order valence-corrected chi connectivity index (χ1v) is 8.49. The van der Waals surface area contributed by atoms with E-state index in [1.54, 1.807) is 48.5 Å². The maximum absolute atomic E-state index is 12.9. The highest BCUT2D eigenvalue weighted by Crippen LogP contribution is 2.22. The number of nitrogens with one attached hydrogen (secondary N) is 1. The SMILES string of the molecule is CC(C)(C)N(NC(C#N)c1ccc(Cl)cc1)C(=O)c1ccc(Cl)cc1. The van der Waals surface area contributed by atoms with Crippen LogP contribution < -0.4 is 5.43 Å². The molecule has 0 spiro atoms. The molecule has 0 fully saturated rings. The number of benzene rings is 2. The number of hydrazine groups is 1. The Balaban J connectivity index is 2.31. The Morgan fingerprint density at radius 1 is 1.04 bits per heavy atom. The smallest absolute Gasteiger partial charge is 0.268 e. The molecule has 1 amide bonds. The van der Waals surface area contributed by atoms with E-state index in [2.05, 4.69) is 11.5 Å². The van der Waals surface area contributed by atoms with E-state index >= 15 is 0 Å². The summed E-state index contributed by atoms with van der Waals surface area (Å²) >= 11 is 11.8. The Morgan fingerprint density at radius 3 is 1.96 bits per heavy atom. The van der Waals surface area contributed by atoms with Crippen LogP contribution in [0.5, 0.6) is 0 Å². The van der Waals surface area contributed by atoms with Crippen molar-refractivity contribution in [1.29, 1.82) is 5.26 Å². The molecule has 0 bridgehead atoms. The molecule has 1 N–H and O–H groups in total. The van der Waals surface area contributed by atoms with Crippen molar-refractivity contribution >= 4 is 29.1 Å². The third kappa shape index (κ3) is 4.96. The van der Waals surface area contributed by atoms with Gasteiger partial charge in [-0.15, -0.1) is 0 Å². The average Bonchev–Trinajstić information content (AvgIpc) is 2.56. The molecule has 130 valence electrons. The molecule has 6 heteroatoms. The summed E-state index contributed by atoms with van der Waals surface area (Å²) < 4.78 is 0. The molecule has 2 aromatic carbocycles. The molecule has 0 aliphatic rings. The minimum absolute atomic E-state index is 0.238. The monoisotopic (exact) mass is 375 g/mol. The first kappa shape index (κ1) is 19.3. The van der Waals surface area contributed by atoms with Gasteiger partial charge in [0.2, 0.25) is 0 Å². The molecule has 4 nitrogen and oxygen atoms in total. The summed E-state index contributed by atoms with van der Waals surface area (Å²) in [6.45, 7) is 5.68. The molecule has 2 aromatic rings. The fourth-order valence-corrected chi connectivity index (χ4v) is 2.49. The van der Waals surface area contributed by atoms with E-state index in [-0.39, 0.29) is 5.91 Å². The van der Waals surface area contributed by atoms with Crippen molar-refractivity contribution in [1.82, 2.24) is 10.4 Å². The zero-order valence-corrected chi connectivity index (χ0v) is 15.8. The van der Waals surface area contributed by atoms with Crippen molar-refractivity contribution < 1.29 is 4.79 Å². The molecule has 1 atom stereocenters. The average molecular weight is 376 g/mol. The van der Waals surface area contributed by atoms with Crippen molar-refractivity contribution in [3.63, 3.8) is 0 Å². The van der Waals surface area contributed by atoms with Gasteiger partial charge in [-0.05, 0) is 62.7 Å². The summed E-state index contributed by atoms with van der Waals surface area (Å²) in [4.78, 5) is 12.9. The Kier molecular flexibility index (Phi) is 6.07. The van der Waals surface area contributed by atoms with Crippen LogP contribution in [0.15, 0.2) is 48.5 Å². The quantitative estimate of drug-likeness (QED) is 0.764. The molecule has 0 radical (unpaired) electrons. The van der Waals surface area contributed by atoms with Crippen molar-refractivity contribution in [3.05, 3.63) is 69.7 Å². The second-order valence-electron chi connectivity index (χ2n) is 6.56. The van der Waals surface area contributed by atoms with Crippen LogP contribution in [0.25, 0.3) is 0 Å². The molecule has 0 saturated heterocycles. The van der Waals surface area contributed by atoms with Gasteiger partial charge in [0.25, 0.3) is 5.91 Å². The summed E-state index contributed by atoms with van der Waals surface area (Å²) in [5, 5.41) is 12.2. The number of carbonyl (C=O) groups excluding carboxylic acids is 1. The second-order valence-corrected chi connectivity index (χ2v) is 7.43. The van der Waals surface area contributed by atoms with Crippen LogP contribution in [-0.4, -0.2) is 16.5 Å². The van der Waals surface area contributed by atoms with Crippen molar-refractivity contribution in [2.24, 2.45) is 0 Å². The Morgan fingerprint density at radius 2 is 1.52 bits per heavy atom. The number of amides is 1. The summed E-state index contributed by atoms with van der Waals surface area (Å²) in [6, 6.07) is 15.1. The summed E-state index contributed by atoms with van der Waals surface area (Å²) in [5.41, 5.74) is 3.71. The molecule has 0 aliphatic heterocycles. The molecule has 1 unspecified atom stereocenters. The normalized spacial score (nSPS) is 12.3. The highest BCUT2D eigenvalue weighted by atomic mass is 35.5. The summed E-state index contributed by atoms with van der Waals surface area (Å²) in [6.07, 6.45) is 0. The second kappa shape index (κ2) is 7.88. The number of nitrogens with zero attached hydrogens (tertiary/aromatic N) is 2. The highest BCUT2D eigenvalue weighted by molar-refractivity contribution is 6.30. The van der Waals surface area contributed by atoms with Crippen LogP contribution in [0, 0.1) is 11.3 Å². The van der Waals surface area contributed by atoms with Gasteiger partial charge in [-0.2, -0.15) is 5.26 Å². The van der Waals surface area contributed by atoms with E-state index in [1.807, 2.05) is 20.8 Å². The lowest BCUT2D eigenvalue weighted by Crippen LogP contribution is -2.54. The van der Waals surface area contributed by atoms with Gasteiger partial charge in [-0.3, -0.25) is 9.80 Å². The van der Waals surface area contributed by atoms with E-state index in [0.29, 0.717) is 15.6 Å². The Bertz CT molecular complexity index is 774. The molecule has 2 rings (SSSR count). The van der Waals surface area contributed by atoms with Crippen LogP contribution in [0.2, 0.25) is 10.0 Å². The Labute approximate surface area is 157 Å². The first-order chi connectivity index (χ1) is 11.7. The minimum atomic E-state index is -0.687. The highest BCUT2D eigenvalue weighted by Gasteiger charge is 2.30. The standard InChI is InChI=1S/C19H19Cl2N3O/c1-19(2,3)24(18(25)14-6-10-16(21)11-7-14)23-17(12-22)13-4-8-15(20)9-5-13/h4-11,17,23H,1-3H3. The van der Waals surface area contributed by atoms with Gasteiger partial charge in [0, 0.05) is 15.6 Å². The molecule has 0 saturated carbocycles. The molecular weight excluding hydrogens is 357 g/mol. The zero-order chi connectivity index (χ0) is 18.6. The predicted molar refractivity (Wildman–Crippen MR) is 100 cm³/mol. The van der Waals surface area contributed by atoms with Gasteiger partial charge < -0.3 is 0 Å². The summed E-state index contributed by atoms with van der Waals surface area (Å²) in [5.74, 6) is -0.238. The van der Waals surface area contributed by atoms with Gasteiger partial charge in [0.05, 0.1) is 11.6 Å². The molecule has 0 aliphatic carbocycles. The van der Waals surface area contributed by atoms with E-state index in [9.17, 15) is 10.1 Å². The van der Waals surface area contributed by atoms with Crippen molar-refractivity contribution in [3.8, 4) is 6.07 Å². The van der Waals surface area contributed by atoms with Crippen LogP contribution in [-0.2, 0) is 0 Å². The zero-order valence-electron chi connectivity index (χ0n) is 14.3. The number of carbonyl (C=O) groups is 1. The number of nitriles is 1. The molecule has 25 heavy (non-hydrogen) atoms. The number of hydrogen-bond acceptors (Lipinski definition) is 3. The predicted octanol–water partition coefficient (Wildman–Crippen LogP) is 5.00. The van der Waals surface area contributed by atoms with E-state index in [0.717, 1.165) is 5.56 Å². The van der Waals surface area contributed by atoms with Gasteiger partial charge >= 0.3 is 0 Å². The lowest BCUT2D eigenvalue weighted by atomic mass is 10.0. The summed E-state index contributed by atoms with van der Waals surface area (Å²) in [7, 11) is 0. The molecule has 0 aromatic heterocycles. The van der Waals surface area contributed by atoms with E-state index in [1.165, 1.54) is 5.01 Å². The number of rotatable bonds is 4. The lowest BCUT2D eigenvalue weighted by Gasteiger charge is -2.37. The van der Waals surface area contributed by atoms with E-state index in [4.69, 9.17) is 23.2 Å². The van der Waals surface area contributed by atoms with Crippen LogP contribution in [0.1, 0.15) is 42.7 Å². The van der Waals surface area contributed by atoms with Crippen LogP contribution in [0.3, 0.4) is 0 Å². The maximum atomic E-state index is 12.9. The molecular formula is C19H19Cl2N3O. The first-order valence-electron chi connectivity index (χ1n) is 7.74. The van der Waals surface area contributed by atoms with Crippen LogP contribution >= 0.6 is 23.2 Å². The van der Waals surface area contributed by atoms with Gasteiger partial charge in [0.1, 0.15) is 6.04 Å². The van der Waals surface area contributed by atoms with Gasteiger partial charge in [0.15, 0.2) is 0 Å². The minimum Gasteiger partial charge on any atom is -0.268 e. The Hall–Kier alpha value is -2.06. The topological polar surface area (TPSA) is 56.1 Å². The maximum Gasteiger partial charge on any atom is 0.268 e. The van der Waals surface area contributed by atoms with E-state index < -0.39 is 11.6 Å².